The number of fused-ring (bicyclic) bond motifs is 2. The van der Waals surface area contributed by atoms with Crippen LogP contribution in [0.25, 0.3) is 32.9 Å². The topological polar surface area (TPSA) is 12.9 Å². The predicted octanol–water partition coefficient (Wildman–Crippen LogP) is 8.25. The van der Waals surface area contributed by atoms with Crippen molar-refractivity contribution in [1.82, 2.24) is 4.98 Å². The largest absolute Gasteiger partial charge is 0.248 e. The van der Waals surface area contributed by atoms with E-state index in [0.717, 1.165) is 17.6 Å². The molecule has 0 radical (unpaired) electrons. The number of hydrogen-bond donors (Lipinski definition) is 0. The van der Waals surface area contributed by atoms with Gasteiger partial charge in [-0.15, -0.1) is 0 Å². The second kappa shape index (κ2) is 7.23. The van der Waals surface area contributed by atoms with E-state index in [2.05, 4.69) is 109 Å². The van der Waals surface area contributed by atoms with Crippen molar-refractivity contribution in [2.45, 2.75) is 60.3 Å². The maximum atomic E-state index is 5.13. The van der Waals surface area contributed by atoms with Crippen LogP contribution in [-0.2, 0) is 11.8 Å². The third-order valence-corrected chi connectivity index (χ3v) is 5.78. The Balaban J connectivity index is 1.91. The standard InChI is InChI=1S/C29H33N/c1-19-14-26(30-27-15-20(12-13-23(19)27)18-28(2,3)4)22-16-21-10-8-9-11-24(21)25(17-22)29(5,6)7/h8-17H,18H2,1-7H3. The minimum absolute atomic E-state index is 0.0708. The molecule has 0 spiro atoms. The van der Waals surface area contributed by atoms with Gasteiger partial charge in [-0.3, -0.25) is 0 Å². The molecule has 0 atom stereocenters. The fourth-order valence-corrected chi connectivity index (χ4v) is 4.40. The van der Waals surface area contributed by atoms with E-state index in [9.17, 15) is 0 Å². The molecule has 4 aromatic rings. The summed E-state index contributed by atoms with van der Waals surface area (Å²) >= 11 is 0. The van der Waals surface area contributed by atoms with Gasteiger partial charge in [0.15, 0.2) is 0 Å². The smallest absolute Gasteiger partial charge is 0.0714 e. The normalized spacial score (nSPS) is 12.6. The van der Waals surface area contributed by atoms with Crippen LogP contribution < -0.4 is 0 Å². The van der Waals surface area contributed by atoms with Crippen LogP contribution >= 0.6 is 0 Å². The molecule has 30 heavy (non-hydrogen) atoms. The van der Waals surface area contributed by atoms with Crippen molar-refractivity contribution in [1.29, 1.82) is 0 Å². The average molecular weight is 396 g/mol. The maximum absolute atomic E-state index is 5.13. The lowest BCUT2D eigenvalue weighted by molar-refractivity contribution is 0.411. The first kappa shape index (κ1) is 20.6. The molecule has 0 fully saturated rings. The first-order valence-corrected chi connectivity index (χ1v) is 11.0. The number of rotatable bonds is 2. The summed E-state index contributed by atoms with van der Waals surface area (Å²) < 4.78 is 0. The number of benzene rings is 3. The Kier molecular flexibility index (Phi) is 4.97. The van der Waals surface area contributed by atoms with Crippen LogP contribution in [0.5, 0.6) is 0 Å². The molecule has 3 aromatic carbocycles. The molecule has 0 bridgehead atoms. The van der Waals surface area contributed by atoms with Crippen LogP contribution in [-0.4, -0.2) is 4.98 Å². The Labute approximate surface area is 181 Å². The molecule has 1 heteroatoms. The van der Waals surface area contributed by atoms with E-state index in [-0.39, 0.29) is 10.8 Å². The van der Waals surface area contributed by atoms with Gasteiger partial charge in [0.1, 0.15) is 0 Å². The summed E-state index contributed by atoms with van der Waals surface area (Å²) in [5, 5.41) is 3.85. The molecular formula is C29H33N. The lowest BCUT2D eigenvalue weighted by atomic mass is 9.82. The van der Waals surface area contributed by atoms with E-state index < -0.39 is 0 Å². The number of aromatic nitrogens is 1. The lowest BCUT2D eigenvalue weighted by Crippen LogP contribution is -2.12. The van der Waals surface area contributed by atoms with Crippen LogP contribution in [0.1, 0.15) is 58.2 Å². The molecule has 0 saturated carbocycles. The quantitative estimate of drug-likeness (QED) is 0.333. The van der Waals surface area contributed by atoms with Gasteiger partial charge in [-0.2, -0.15) is 0 Å². The Hall–Kier alpha value is -2.67. The summed E-state index contributed by atoms with van der Waals surface area (Å²) in [6.45, 7) is 15.9. The highest BCUT2D eigenvalue weighted by Crippen LogP contribution is 2.35. The summed E-state index contributed by atoms with van der Waals surface area (Å²) in [6, 6.07) is 22.3. The summed E-state index contributed by atoms with van der Waals surface area (Å²) in [7, 11) is 0. The first-order chi connectivity index (χ1) is 14.0. The summed E-state index contributed by atoms with van der Waals surface area (Å²) in [5.41, 5.74) is 7.69. The molecule has 0 aliphatic rings. The van der Waals surface area contributed by atoms with Crippen LogP contribution in [0.15, 0.2) is 60.7 Å². The molecule has 0 aliphatic carbocycles. The third-order valence-electron chi connectivity index (χ3n) is 5.78. The van der Waals surface area contributed by atoms with Gasteiger partial charge in [0, 0.05) is 10.9 Å². The molecule has 0 N–H and O–H groups in total. The highest BCUT2D eigenvalue weighted by molar-refractivity contribution is 5.92. The van der Waals surface area contributed by atoms with Gasteiger partial charge < -0.3 is 0 Å². The van der Waals surface area contributed by atoms with Gasteiger partial charge in [-0.25, -0.2) is 4.98 Å². The monoisotopic (exact) mass is 395 g/mol. The number of aryl methyl sites for hydroxylation is 1. The molecule has 0 amide bonds. The fourth-order valence-electron chi connectivity index (χ4n) is 4.40. The van der Waals surface area contributed by atoms with Crippen molar-refractivity contribution >= 4 is 21.7 Å². The van der Waals surface area contributed by atoms with Crippen LogP contribution in [0.4, 0.5) is 0 Å². The zero-order valence-electron chi connectivity index (χ0n) is 19.4. The predicted molar refractivity (Wildman–Crippen MR) is 131 cm³/mol. The number of nitrogens with zero attached hydrogens (tertiary/aromatic N) is 1. The van der Waals surface area contributed by atoms with Gasteiger partial charge in [-0.1, -0.05) is 77.9 Å². The van der Waals surface area contributed by atoms with E-state index in [1.807, 2.05) is 0 Å². The highest BCUT2D eigenvalue weighted by atomic mass is 14.7. The summed E-state index contributed by atoms with van der Waals surface area (Å²) in [4.78, 5) is 5.13. The first-order valence-electron chi connectivity index (χ1n) is 11.0. The third kappa shape index (κ3) is 4.12. The van der Waals surface area contributed by atoms with Crippen molar-refractivity contribution in [3.05, 3.63) is 77.4 Å². The SMILES string of the molecule is Cc1cc(-c2cc(C(C)(C)C)c3ccccc3c2)nc2cc(CC(C)(C)C)ccc12. The fraction of sp³-hybridized carbons (Fsp3) is 0.345. The lowest BCUT2D eigenvalue weighted by Gasteiger charge is -2.23. The average Bonchev–Trinajstić information content (AvgIpc) is 2.64. The van der Waals surface area contributed by atoms with Gasteiger partial charge in [-0.05, 0) is 75.9 Å². The van der Waals surface area contributed by atoms with E-state index in [0.29, 0.717) is 0 Å². The van der Waals surface area contributed by atoms with Crippen LogP contribution in [0, 0.1) is 12.3 Å². The Bertz CT molecular complexity index is 1230. The molecule has 1 nitrogen and oxygen atoms in total. The molecule has 1 aromatic heterocycles. The zero-order valence-corrected chi connectivity index (χ0v) is 19.4. The van der Waals surface area contributed by atoms with Gasteiger partial charge in [0.05, 0.1) is 11.2 Å². The molecular weight excluding hydrogens is 362 g/mol. The minimum atomic E-state index is 0.0708. The summed E-state index contributed by atoms with van der Waals surface area (Å²) in [5.74, 6) is 0. The Morgan fingerprint density at radius 1 is 0.767 bits per heavy atom. The Morgan fingerprint density at radius 2 is 1.50 bits per heavy atom. The van der Waals surface area contributed by atoms with E-state index in [1.54, 1.807) is 0 Å². The van der Waals surface area contributed by atoms with Crippen molar-refractivity contribution in [3.8, 4) is 11.3 Å². The number of hydrogen-bond acceptors (Lipinski definition) is 1. The van der Waals surface area contributed by atoms with Crippen molar-refractivity contribution in [3.63, 3.8) is 0 Å². The van der Waals surface area contributed by atoms with Crippen molar-refractivity contribution < 1.29 is 0 Å². The molecule has 0 unspecified atom stereocenters. The van der Waals surface area contributed by atoms with Crippen molar-refractivity contribution in [2.24, 2.45) is 5.41 Å². The maximum Gasteiger partial charge on any atom is 0.0714 e. The van der Waals surface area contributed by atoms with E-state index in [1.165, 1.54) is 38.4 Å². The minimum Gasteiger partial charge on any atom is -0.248 e. The second-order valence-electron chi connectivity index (χ2n) is 10.9. The van der Waals surface area contributed by atoms with Gasteiger partial charge >= 0.3 is 0 Å². The second-order valence-corrected chi connectivity index (χ2v) is 10.9. The molecule has 0 aliphatic heterocycles. The van der Waals surface area contributed by atoms with Crippen LogP contribution in [0.2, 0.25) is 0 Å². The Morgan fingerprint density at radius 3 is 2.20 bits per heavy atom. The molecule has 1 heterocycles. The van der Waals surface area contributed by atoms with E-state index >= 15 is 0 Å². The zero-order chi connectivity index (χ0) is 21.7. The summed E-state index contributed by atoms with van der Waals surface area (Å²) in [6.07, 6.45) is 1.05. The number of pyridine rings is 1. The van der Waals surface area contributed by atoms with Crippen LogP contribution in [0.3, 0.4) is 0 Å². The van der Waals surface area contributed by atoms with Gasteiger partial charge in [0.25, 0.3) is 0 Å². The van der Waals surface area contributed by atoms with Crippen molar-refractivity contribution in [2.75, 3.05) is 0 Å². The molecule has 154 valence electrons. The van der Waals surface area contributed by atoms with E-state index in [4.69, 9.17) is 4.98 Å². The molecule has 4 rings (SSSR count). The molecule has 0 saturated heterocycles. The van der Waals surface area contributed by atoms with Gasteiger partial charge in [0.2, 0.25) is 0 Å². The highest BCUT2D eigenvalue weighted by Gasteiger charge is 2.19.